The summed E-state index contributed by atoms with van der Waals surface area (Å²) in [6.07, 6.45) is 0.623. The third kappa shape index (κ3) is 5.44. The number of para-hydroxylation sites is 1. The van der Waals surface area contributed by atoms with Gasteiger partial charge in [-0.05, 0) is 34.9 Å². The Morgan fingerprint density at radius 1 is 0.893 bits per heavy atom. The number of hydrogen-bond donors (Lipinski definition) is 1. The van der Waals surface area contributed by atoms with E-state index in [4.69, 9.17) is 4.74 Å². The van der Waals surface area contributed by atoms with Crippen molar-refractivity contribution in [2.24, 2.45) is 0 Å². The Morgan fingerprint density at radius 3 is 1.96 bits per heavy atom. The number of carbonyl (C=O) groups is 2. The molecule has 0 bridgehead atoms. The van der Waals surface area contributed by atoms with E-state index in [-0.39, 0.29) is 36.2 Å². The summed E-state index contributed by atoms with van der Waals surface area (Å²) in [7, 11) is 0. The number of amides is 1. The number of rotatable bonds is 8. The number of esters is 1. The molecule has 0 unspecified atom stereocenters. The summed E-state index contributed by atoms with van der Waals surface area (Å²) in [6.45, 7) is 10.0. The number of carbonyl (C=O) groups excluding carboxylic acids is 2. The summed E-state index contributed by atoms with van der Waals surface area (Å²) in [5.41, 5.74) is 3.91. The Balaban J connectivity index is 2.07. The van der Waals surface area contributed by atoms with Crippen LogP contribution in [0.15, 0.2) is 48.5 Å². The third-order valence-corrected chi connectivity index (χ3v) is 4.88. The molecule has 1 atom stereocenters. The van der Waals surface area contributed by atoms with Gasteiger partial charge in [-0.25, -0.2) is 0 Å². The van der Waals surface area contributed by atoms with E-state index in [0.717, 1.165) is 22.4 Å². The van der Waals surface area contributed by atoms with Crippen LogP contribution in [0.4, 0.5) is 5.69 Å². The Morgan fingerprint density at radius 2 is 1.46 bits per heavy atom. The minimum absolute atomic E-state index is 0.277. The van der Waals surface area contributed by atoms with Gasteiger partial charge < -0.3 is 10.1 Å². The van der Waals surface area contributed by atoms with Crippen LogP contribution in [0, 0.1) is 0 Å². The minimum atomic E-state index is -0.370. The zero-order chi connectivity index (χ0) is 20.7. The van der Waals surface area contributed by atoms with Gasteiger partial charge in [0.15, 0.2) is 6.61 Å². The number of nitrogens with one attached hydrogen (secondary N) is 1. The van der Waals surface area contributed by atoms with Crippen LogP contribution >= 0.6 is 0 Å². The molecule has 1 N–H and O–H groups in total. The third-order valence-electron chi connectivity index (χ3n) is 4.88. The molecule has 4 nitrogen and oxygen atoms in total. The molecule has 2 rings (SSSR count). The topological polar surface area (TPSA) is 55.4 Å². The van der Waals surface area contributed by atoms with Crippen LogP contribution < -0.4 is 5.32 Å². The lowest BCUT2D eigenvalue weighted by atomic mass is 9.92. The van der Waals surface area contributed by atoms with Crippen molar-refractivity contribution in [1.82, 2.24) is 0 Å². The minimum Gasteiger partial charge on any atom is -0.455 e. The van der Waals surface area contributed by atoms with Crippen LogP contribution in [-0.4, -0.2) is 18.5 Å². The highest BCUT2D eigenvalue weighted by molar-refractivity contribution is 5.95. The maximum atomic E-state index is 12.5. The predicted octanol–water partition coefficient (Wildman–Crippen LogP) is 5.61. The Hall–Kier alpha value is -2.62. The van der Waals surface area contributed by atoms with E-state index in [1.54, 1.807) is 0 Å². The molecular formula is C24H31NO3. The molecule has 0 aliphatic heterocycles. The van der Waals surface area contributed by atoms with E-state index in [1.165, 1.54) is 0 Å². The molecule has 0 spiro atoms. The Kier molecular flexibility index (Phi) is 7.80. The highest BCUT2D eigenvalue weighted by Crippen LogP contribution is 2.32. The summed E-state index contributed by atoms with van der Waals surface area (Å²) >= 11 is 0. The van der Waals surface area contributed by atoms with Crippen LogP contribution in [0.25, 0.3) is 0 Å². The predicted molar refractivity (Wildman–Crippen MR) is 114 cm³/mol. The van der Waals surface area contributed by atoms with E-state index >= 15 is 0 Å². The molecule has 0 aliphatic rings. The van der Waals surface area contributed by atoms with Crippen molar-refractivity contribution >= 4 is 17.6 Å². The normalized spacial score (nSPS) is 12.1. The molecule has 0 aromatic heterocycles. The smallest absolute Gasteiger partial charge is 0.313 e. The van der Waals surface area contributed by atoms with Crippen molar-refractivity contribution in [3.8, 4) is 0 Å². The Bertz CT molecular complexity index is 771. The monoisotopic (exact) mass is 381 g/mol. The summed E-state index contributed by atoms with van der Waals surface area (Å²) in [5, 5.41) is 2.98. The van der Waals surface area contributed by atoms with Crippen molar-refractivity contribution in [3.05, 3.63) is 65.2 Å². The van der Waals surface area contributed by atoms with E-state index in [1.807, 2.05) is 55.5 Å². The fraction of sp³-hybridized carbons (Fsp3) is 0.417. The highest BCUT2D eigenvalue weighted by Gasteiger charge is 2.22. The second kappa shape index (κ2) is 10.1. The zero-order valence-corrected chi connectivity index (χ0v) is 17.5. The van der Waals surface area contributed by atoms with Gasteiger partial charge >= 0.3 is 5.97 Å². The summed E-state index contributed by atoms with van der Waals surface area (Å²) in [4.78, 5) is 25.0. The first kappa shape index (κ1) is 21.7. The van der Waals surface area contributed by atoms with Crippen molar-refractivity contribution < 1.29 is 14.3 Å². The molecule has 2 aromatic carbocycles. The number of ether oxygens (including phenoxy) is 1. The molecule has 28 heavy (non-hydrogen) atoms. The fourth-order valence-corrected chi connectivity index (χ4v) is 3.33. The highest BCUT2D eigenvalue weighted by atomic mass is 16.5. The van der Waals surface area contributed by atoms with Crippen molar-refractivity contribution in [1.29, 1.82) is 0 Å². The molecule has 0 fully saturated rings. The molecule has 150 valence electrons. The average molecular weight is 382 g/mol. The van der Waals surface area contributed by atoms with E-state index in [9.17, 15) is 9.59 Å². The van der Waals surface area contributed by atoms with Crippen LogP contribution in [0.3, 0.4) is 0 Å². The summed E-state index contributed by atoms with van der Waals surface area (Å²) in [6, 6.07) is 15.6. The maximum Gasteiger partial charge on any atom is 0.313 e. The molecule has 0 heterocycles. The van der Waals surface area contributed by atoms with Gasteiger partial charge in [-0.3, -0.25) is 9.59 Å². The molecular weight excluding hydrogens is 350 g/mol. The number of benzene rings is 2. The first-order chi connectivity index (χ1) is 13.3. The molecule has 0 radical (unpaired) electrons. The van der Waals surface area contributed by atoms with Gasteiger partial charge in [0.1, 0.15) is 0 Å². The van der Waals surface area contributed by atoms with Crippen molar-refractivity contribution in [2.75, 3.05) is 11.9 Å². The average Bonchev–Trinajstić information content (AvgIpc) is 2.67. The summed E-state index contributed by atoms with van der Waals surface area (Å²) < 4.78 is 5.33. The molecule has 4 heteroatoms. The number of hydrogen-bond acceptors (Lipinski definition) is 3. The van der Waals surface area contributed by atoms with Crippen LogP contribution in [0.1, 0.15) is 75.5 Å². The van der Waals surface area contributed by atoms with E-state index < -0.39 is 0 Å². The van der Waals surface area contributed by atoms with Gasteiger partial charge in [-0.2, -0.15) is 0 Å². The first-order valence-corrected chi connectivity index (χ1v) is 9.99. The largest absolute Gasteiger partial charge is 0.455 e. The van der Waals surface area contributed by atoms with Crippen LogP contribution in [0.2, 0.25) is 0 Å². The zero-order valence-electron chi connectivity index (χ0n) is 17.5. The lowest BCUT2D eigenvalue weighted by Gasteiger charge is -2.20. The lowest BCUT2D eigenvalue weighted by molar-refractivity contribution is -0.149. The second-order valence-corrected chi connectivity index (χ2v) is 7.65. The number of anilines is 1. The maximum absolute atomic E-state index is 12.5. The van der Waals surface area contributed by atoms with Gasteiger partial charge in [0.25, 0.3) is 5.91 Å². The van der Waals surface area contributed by atoms with Crippen molar-refractivity contribution in [2.45, 2.75) is 58.8 Å². The van der Waals surface area contributed by atoms with Crippen LogP contribution in [0.5, 0.6) is 0 Å². The SMILES string of the molecule is CC[C@@H](C(=O)OCC(=O)Nc1c(C(C)C)cccc1C(C)C)c1ccccc1. The van der Waals surface area contributed by atoms with Crippen LogP contribution in [-0.2, 0) is 14.3 Å². The molecule has 0 saturated heterocycles. The molecule has 0 aliphatic carbocycles. The van der Waals surface area contributed by atoms with E-state index in [0.29, 0.717) is 6.42 Å². The quantitative estimate of drug-likeness (QED) is 0.605. The van der Waals surface area contributed by atoms with Crippen molar-refractivity contribution in [3.63, 3.8) is 0 Å². The van der Waals surface area contributed by atoms with Gasteiger partial charge in [-0.1, -0.05) is 83.1 Å². The van der Waals surface area contributed by atoms with Gasteiger partial charge in [0.05, 0.1) is 5.92 Å². The second-order valence-electron chi connectivity index (χ2n) is 7.65. The lowest BCUT2D eigenvalue weighted by Crippen LogP contribution is -2.25. The molecule has 2 aromatic rings. The van der Waals surface area contributed by atoms with Gasteiger partial charge in [0.2, 0.25) is 0 Å². The fourth-order valence-electron chi connectivity index (χ4n) is 3.33. The Labute approximate surface area is 168 Å². The first-order valence-electron chi connectivity index (χ1n) is 9.99. The van der Waals surface area contributed by atoms with Gasteiger partial charge in [0, 0.05) is 5.69 Å². The molecule has 1 amide bonds. The molecule has 0 saturated carbocycles. The van der Waals surface area contributed by atoms with E-state index in [2.05, 4.69) is 33.0 Å². The summed E-state index contributed by atoms with van der Waals surface area (Å²) in [5.74, 6) is -0.488. The standard InChI is InChI=1S/C24H31NO3/c1-6-19(18-11-8-7-9-12-18)24(27)28-15-22(26)25-23-20(16(2)3)13-10-14-21(23)17(4)5/h7-14,16-17,19H,6,15H2,1-5H3,(H,25,26)/t19-/m1/s1. The van der Waals surface area contributed by atoms with Gasteiger partial charge in [-0.15, -0.1) is 0 Å².